The highest BCUT2D eigenvalue weighted by molar-refractivity contribution is 6.22. The first-order chi connectivity index (χ1) is 13.6. The first kappa shape index (κ1) is 21.8. The predicted molar refractivity (Wildman–Crippen MR) is 98.3 cm³/mol. The van der Waals surface area contributed by atoms with Crippen LogP contribution in [0.25, 0.3) is 0 Å². The number of rotatable bonds is 8. The van der Waals surface area contributed by atoms with Gasteiger partial charge in [0, 0.05) is 20.0 Å². The predicted octanol–water partition coefficient (Wildman–Crippen LogP) is 0.0784. The Balaban J connectivity index is 2.10. The fraction of sp³-hybridized carbons (Fsp3) is 0.389. The van der Waals surface area contributed by atoms with Crippen LogP contribution in [0.5, 0.6) is 0 Å². The van der Waals surface area contributed by atoms with Gasteiger partial charge in [-0.2, -0.15) is 0 Å². The van der Waals surface area contributed by atoms with Crippen LogP contribution in [0.4, 0.5) is 14.9 Å². The number of hydrogen-bond acceptors (Lipinski definition) is 5. The number of anilines is 1. The number of imide groups is 1. The van der Waals surface area contributed by atoms with Crippen molar-refractivity contribution in [3.05, 3.63) is 30.1 Å². The van der Waals surface area contributed by atoms with E-state index in [0.717, 1.165) is 21.9 Å². The van der Waals surface area contributed by atoms with Crippen molar-refractivity contribution in [2.45, 2.75) is 32.4 Å². The van der Waals surface area contributed by atoms with Crippen LogP contribution in [-0.2, 0) is 19.2 Å². The standard InChI is InChI=1S/C18H21FN4O6/c1-10(17(27)28)22(8-7-20-11(2)24)15(25)9-14-16(26)23(18(29)21-14)13-5-3-12(19)4-6-13/h3-6,10,14H,7-9H2,1-2H3,(H,20,24)(H,21,29)(H,27,28). The third-order valence-electron chi connectivity index (χ3n) is 4.35. The van der Waals surface area contributed by atoms with Crippen molar-refractivity contribution in [2.24, 2.45) is 0 Å². The molecule has 3 N–H and O–H groups in total. The Labute approximate surface area is 165 Å². The van der Waals surface area contributed by atoms with Crippen molar-refractivity contribution in [2.75, 3.05) is 18.0 Å². The number of urea groups is 1. The molecule has 1 fully saturated rings. The number of nitrogens with zero attached hydrogens (tertiary/aromatic N) is 2. The summed E-state index contributed by atoms with van der Waals surface area (Å²) >= 11 is 0. The molecule has 2 unspecified atom stereocenters. The van der Waals surface area contributed by atoms with Gasteiger partial charge in [-0.05, 0) is 31.2 Å². The quantitative estimate of drug-likeness (QED) is 0.521. The number of aliphatic carboxylic acids is 1. The fourth-order valence-corrected chi connectivity index (χ4v) is 2.82. The van der Waals surface area contributed by atoms with E-state index in [-0.39, 0.29) is 24.7 Å². The summed E-state index contributed by atoms with van der Waals surface area (Å²) in [6, 6.07) is 1.53. The summed E-state index contributed by atoms with van der Waals surface area (Å²) < 4.78 is 13.1. The van der Waals surface area contributed by atoms with Crippen LogP contribution in [0, 0.1) is 5.82 Å². The van der Waals surface area contributed by atoms with Crippen LogP contribution in [0.1, 0.15) is 20.3 Å². The van der Waals surface area contributed by atoms with Gasteiger partial charge < -0.3 is 20.6 Å². The topological polar surface area (TPSA) is 136 Å². The summed E-state index contributed by atoms with van der Waals surface area (Å²) in [6.07, 6.45) is -0.458. The molecule has 0 aliphatic carbocycles. The molecule has 2 atom stereocenters. The molecule has 11 heteroatoms. The molecule has 1 saturated heterocycles. The molecule has 1 aromatic rings. The van der Waals surface area contributed by atoms with E-state index in [4.69, 9.17) is 0 Å². The first-order valence-corrected chi connectivity index (χ1v) is 8.78. The molecular formula is C18H21FN4O6. The van der Waals surface area contributed by atoms with E-state index in [2.05, 4.69) is 10.6 Å². The fourth-order valence-electron chi connectivity index (χ4n) is 2.82. The van der Waals surface area contributed by atoms with Crippen molar-refractivity contribution in [1.29, 1.82) is 0 Å². The van der Waals surface area contributed by atoms with Crippen LogP contribution in [0.3, 0.4) is 0 Å². The molecule has 0 aromatic heterocycles. The summed E-state index contributed by atoms with van der Waals surface area (Å²) in [5.74, 6) is -3.51. The minimum Gasteiger partial charge on any atom is -0.480 e. The lowest BCUT2D eigenvalue weighted by atomic mass is 10.1. The van der Waals surface area contributed by atoms with Gasteiger partial charge in [-0.15, -0.1) is 0 Å². The summed E-state index contributed by atoms with van der Waals surface area (Å²) in [5.41, 5.74) is 0.144. The average Bonchev–Trinajstić information content (AvgIpc) is 2.92. The Morgan fingerprint density at radius 3 is 2.45 bits per heavy atom. The molecule has 2 rings (SSSR count). The van der Waals surface area contributed by atoms with E-state index in [1.54, 1.807) is 0 Å². The van der Waals surface area contributed by atoms with Gasteiger partial charge in [-0.1, -0.05) is 0 Å². The molecule has 1 aliphatic heterocycles. The number of benzene rings is 1. The van der Waals surface area contributed by atoms with Gasteiger partial charge in [0.05, 0.1) is 12.1 Å². The van der Waals surface area contributed by atoms with Gasteiger partial charge in [-0.25, -0.2) is 18.9 Å². The maximum atomic E-state index is 13.1. The maximum Gasteiger partial charge on any atom is 0.329 e. The third kappa shape index (κ3) is 5.27. The smallest absolute Gasteiger partial charge is 0.329 e. The van der Waals surface area contributed by atoms with Gasteiger partial charge in [0.1, 0.15) is 17.9 Å². The number of carboxylic acids is 1. The molecule has 1 heterocycles. The monoisotopic (exact) mass is 408 g/mol. The Hall–Kier alpha value is -3.50. The Morgan fingerprint density at radius 2 is 1.90 bits per heavy atom. The number of hydrogen-bond donors (Lipinski definition) is 3. The number of amides is 5. The number of carboxylic acid groups (broad SMARTS) is 1. The van der Waals surface area contributed by atoms with Crippen LogP contribution in [0.2, 0.25) is 0 Å². The maximum absolute atomic E-state index is 13.1. The van der Waals surface area contributed by atoms with Crippen LogP contribution >= 0.6 is 0 Å². The van der Waals surface area contributed by atoms with E-state index in [1.165, 1.54) is 26.0 Å². The SMILES string of the molecule is CC(=O)NCCN(C(=O)CC1NC(=O)N(c2ccc(F)cc2)C1=O)C(C)C(=O)O. The van der Waals surface area contributed by atoms with Gasteiger partial charge in [0.2, 0.25) is 11.8 Å². The van der Waals surface area contributed by atoms with Crippen molar-refractivity contribution in [3.63, 3.8) is 0 Å². The van der Waals surface area contributed by atoms with Crippen molar-refractivity contribution >= 4 is 35.4 Å². The van der Waals surface area contributed by atoms with Gasteiger partial charge >= 0.3 is 12.0 Å². The van der Waals surface area contributed by atoms with E-state index in [0.29, 0.717) is 0 Å². The second kappa shape index (κ2) is 9.13. The zero-order chi connectivity index (χ0) is 21.7. The molecule has 0 bridgehead atoms. The molecule has 1 aliphatic rings. The summed E-state index contributed by atoms with van der Waals surface area (Å²) in [5, 5.41) is 14.1. The summed E-state index contributed by atoms with van der Waals surface area (Å²) in [7, 11) is 0. The van der Waals surface area contributed by atoms with E-state index in [9.17, 15) is 33.5 Å². The Morgan fingerprint density at radius 1 is 1.28 bits per heavy atom. The lowest BCUT2D eigenvalue weighted by Crippen LogP contribution is -2.48. The van der Waals surface area contributed by atoms with Crippen molar-refractivity contribution in [1.82, 2.24) is 15.5 Å². The number of carbonyl (C=O) groups is 5. The van der Waals surface area contributed by atoms with Crippen LogP contribution in [0.15, 0.2) is 24.3 Å². The molecule has 10 nitrogen and oxygen atoms in total. The van der Waals surface area contributed by atoms with Crippen LogP contribution in [-0.4, -0.2) is 64.9 Å². The average molecular weight is 408 g/mol. The molecule has 0 spiro atoms. The molecule has 1 aromatic carbocycles. The summed E-state index contributed by atoms with van der Waals surface area (Å²) in [6.45, 7) is 2.53. The molecule has 29 heavy (non-hydrogen) atoms. The van der Waals surface area contributed by atoms with Gasteiger partial charge in [0.25, 0.3) is 5.91 Å². The number of carbonyl (C=O) groups excluding carboxylic acids is 4. The minimum absolute atomic E-state index is 0.0331. The lowest BCUT2D eigenvalue weighted by molar-refractivity contribution is -0.149. The van der Waals surface area contributed by atoms with Crippen LogP contribution < -0.4 is 15.5 Å². The van der Waals surface area contributed by atoms with E-state index < -0.39 is 48.1 Å². The largest absolute Gasteiger partial charge is 0.480 e. The van der Waals surface area contributed by atoms with Gasteiger partial charge in [-0.3, -0.25) is 14.4 Å². The van der Waals surface area contributed by atoms with Crippen molar-refractivity contribution in [3.8, 4) is 0 Å². The molecule has 0 radical (unpaired) electrons. The number of nitrogens with one attached hydrogen (secondary N) is 2. The Kier molecular flexibility index (Phi) is 6.86. The summed E-state index contributed by atoms with van der Waals surface area (Å²) in [4.78, 5) is 61.5. The molecule has 156 valence electrons. The number of halogens is 1. The lowest BCUT2D eigenvalue weighted by Gasteiger charge is -2.27. The molecule has 0 saturated carbocycles. The first-order valence-electron chi connectivity index (χ1n) is 8.78. The molecular weight excluding hydrogens is 387 g/mol. The van der Waals surface area contributed by atoms with E-state index in [1.807, 2.05) is 0 Å². The highest BCUT2D eigenvalue weighted by Crippen LogP contribution is 2.21. The molecule has 5 amide bonds. The Bertz CT molecular complexity index is 828. The highest BCUT2D eigenvalue weighted by atomic mass is 19.1. The third-order valence-corrected chi connectivity index (χ3v) is 4.35. The normalized spacial score (nSPS) is 16.9. The zero-order valence-corrected chi connectivity index (χ0v) is 15.8. The minimum atomic E-state index is -1.25. The second-order valence-corrected chi connectivity index (χ2v) is 6.44. The zero-order valence-electron chi connectivity index (χ0n) is 15.8. The highest BCUT2D eigenvalue weighted by Gasteiger charge is 2.41. The van der Waals surface area contributed by atoms with Crippen molar-refractivity contribution < 1.29 is 33.5 Å². The van der Waals surface area contributed by atoms with E-state index >= 15 is 0 Å². The van der Waals surface area contributed by atoms with Gasteiger partial charge in [0.15, 0.2) is 0 Å². The second-order valence-electron chi connectivity index (χ2n) is 6.44.